The Morgan fingerprint density at radius 2 is 2.19 bits per heavy atom. The van der Waals surface area contributed by atoms with Gasteiger partial charge in [-0.15, -0.1) is 0 Å². The highest BCUT2D eigenvalue weighted by Gasteiger charge is 2.19. The fourth-order valence-electron chi connectivity index (χ4n) is 2.33. The number of rotatable bonds is 3. The Kier molecular flexibility index (Phi) is 3.69. The van der Waals surface area contributed by atoms with Gasteiger partial charge in [0, 0.05) is 12.1 Å². The average Bonchev–Trinajstić information content (AvgIpc) is 2.30. The molecular formula is C12H16ClNO2. The molecule has 88 valence electrons. The van der Waals surface area contributed by atoms with Crippen molar-refractivity contribution in [1.29, 1.82) is 0 Å². The van der Waals surface area contributed by atoms with Crippen molar-refractivity contribution in [3.8, 4) is 5.75 Å². The molecule has 0 fully saturated rings. The quantitative estimate of drug-likeness (QED) is 0.800. The van der Waals surface area contributed by atoms with Crippen molar-refractivity contribution >= 4 is 11.6 Å². The Balaban J connectivity index is 2.50. The van der Waals surface area contributed by atoms with Crippen molar-refractivity contribution in [1.82, 2.24) is 5.48 Å². The first-order valence-corrected chi connectivity index (χ1v) is 5.89. The van der Waals surface area contributed by atoms with Crippen LogP contribution < -0.4 is 10.2 Å². The second kappa shape index (κ2) is 5.04. The van der Waals surface area contributed by atoms with Crippen LogP contribution in [0.4, 0.5) is 0 Å². The van der Waals surface area contributed by atoms with Gasteiger partial charge < -0.3 is 9.94 Å². The van der Waals surface area contributed by atoms with Gasteiger partial charge in [0.25, 0.3) is 0 Å². The molecule has 1 aromatic rings. The van der Waals surface area contributed by atoms with E-state index >= 15 is 0 Å². The average molecular weight is 242 g/mol. The summed E-state index contributed by atoms with van der Waals surface area (Å²) in [6.07, 6.45) is 4.49. The van der Waals surface area contributed by atoms with Crippen LogP contribution in [-0.2, 0) is 19.4 Å². The number of methoxy groups -OCH3 is 1. The molecule has 0 spiro atoms. The van der Waals surface area contributed by atoms with E-state index < -0.39 is 0 Å². The zero-order valence-electron chi connectivity index (χ0n) is 9.35. The molecule has 0 atom stereocenters. The standard InChI is InChI=1S/C12H16ClNO2/c1-16-12-9(7-14-15)6-8-4-2-3-5-10(8)11(12)13/h6,14-15H,2-5,7H2,1H3. The number of hydrogen-bond acceptors (Lipinski definition) is 3. The van der Waals surface area contributed by atoms with Gasteiger partial charge in [-0.25, -0.2) is 5.48 Å². The van der Waals surface area contributed by atoms with Crippen molar-refractivity contribution in [2.45, 2.75) is 32.2 Å². The molecule has 1 aliphatic rings. The van der Waals surface area contributed by atoms with Gasteiger partial charge in [0.15, 0.2) is 0 Å². The van der Waals surface area contributed by atoms with Crippen molar-refractivity contribution in [2.24, 2.45) is 0 Å². The summed E-state index contributed by atoms with van der Waals surface area (Å²) in [5.74, 6) is 0.684. The summed E-state index contributed by atoms with van der Waals surface area (Å²) >= 11 is 6.33. The van der Waals surface area contributed by atoms with E-state index in [1.54, 1.807) is 7.11 Å². The molecule has 2 rings (SSSR count). The van der Waals surface area contributed by atoms with Gasteiger partial charge in [0.2, 0.25) is 0 Å². The summed E-state index contributed by atoms with van der Waals surface area (Å²) in [7, 11) is 1.61. The maximum Gasteiger partial charge on any atom is 0.142 e. The lowest BCUT2D eigenvalue weighted by molar-refractivity contribution is 0.160. The summed E-state index contributed by atoms with van der Waals surface area (Å²) in [5.41, 5.74) is 5.57. The minimum absolute atomic E-state index is 0.357. The van der Waals surface area contributed by atoms with Crippen LogP contribution in [0.5, 0.6) is 5.75 Å². The molecule has 4 heteroatoms. The van der Waals surface area contributed by atoms with Crippen molar-refractivity contribution < 1.29 is 9.94 Å². The molecule has 0 saturated carbocycles. The molecule has 0 radical (unpaired) electrons. The van der Waals surface area contributed by atoms with E-state index in [0.717, 1.165) is 18.4 Å². The molecule has 0 aromatic heterocycles. The Hall–Kier alpha value is -0.770. The lowest BCUT2D eigenvalue weighted by Gasteiger charge is -2.21. The molecule has 0 bridgehead atoms. The number of hydrogen-bond donors (Lipinski definition) is 2. The molecule has 1 aromatic carbocycles. The Bertz CT molecular complexity index is 393. The van der Waals surface area contributed by atoms with Crippen LogP contribution in [0.1, 0.15) is 29.5 Å². The molecule has 3 nitrogen and oxygen atoms in total. The SMILES string of the molecule is COc1c(CNO)cc2c(c1Cl)CCCC2. The number of benzene rings is 1. The highest BCUT2D eigenvalue weighted by atomic mass is 35.5. The third-order valence-corrected chi connectivity index (χ3v) is 3.49. The molecule has 1 aliphatic carbocycles. The van der Waals surface area contributed by atoms with Gasteiger partial charge in [-0.2, -0.15) is 0 Å². The van der Waals surface area contributed by atoms with Gasteiger partial charge >= 0.3 is 0 Å². The number of nitrogens with one attached hydrogen (secondary N) is 1. The number of hydroxylamine groups is 1. The Labute approximate surface area is 100 Å². The topological polar surface area (TPSA) is 41.5 Å². The number of fused-ring (bicyclic) bond motifs is 1. The van der Waals surface area contributed by atoms with E-state index in [0.29, 0.717) is 17.3 Å². The highest BCUT2D eigenvalue weighted by molar-refractivity contribution is 6.33. The highest BCUT2D eigenvalue weighted by Crippen LogP contribution is 2.37. The number of ether oxygens (including phenoxy) is 1. The van der Waals surface area contributed by atoms with Gasteiger partial charge in [-0.05, 0) is 36.8 Å². The van der Waals surface area contributed by atoms with Crippen molar-refractivity contribution in [3.05, 3.63) is 27.8 Å². The first-order valence-electron chi connectivity index (χ1n) is 5.52. The normalized spacial score (nSPS) is 14.7. The van der Waals surface area contributed by atoms with Gasteiger partial charge in [-0.1, -0.05) is 17.7 Å². The first kappa shape index (κ1) is 11.7. The molecule has 0 unspecified atom stereocenters. The Morgan fingerprint density at radius 3 is 2.88 bits per heavy atom. The van der Waals surface area contributed by atoms with Crippen molar-refractivity contribution in [2.75, 3.05) is 7.11 Å². The van der Waals surface area contributed by atoms with E-state index in [1.807, 2.05) is 0 Å². The zero-order valence-corrected chi connectivity index (χ0v) is 10.1. The largest absolute Gasteiger partial charge is 0.495 e. The fourth-order valence-corrected chi connectivity index (χ4v) is 2.74. The van der Waals surface area contributed by atoms with Crippen LogP contribution in [0.2, 0.25) is 5.02 Å². The maximum atomic E-state index is 8.79. The van der Waals surface area contributed by atoms with Gasteiger partial charge in [-0.3, -0.25) is 0 Å². The second-order valence-electron chi connectivity index (χ2n) is 4.06. The monoisotopic (exact) mass is 241 g/mol. The zero-order chi connectivity index (χ0) is 11.5. The number of halogens is 1. The van der Waals surface area contributed by atoms with E-state index in [-0.39, 0.29) is 0 Å². The lowest BCUT2D eigenvalue weighted by atomic mass is 9.90. The molecule has 0 aliphatic heterocycles. The molecule has 16 heavy (non-hydrogen) atoms. The maximum absolute atomic E-state index is 8.79. The molecule has 2 N–H and O–H groups in total. The summed E-state index contributed by atoms with van der Waals surface area (Å²) in [6, 6.07) is 2.09. The lowest BCUT2D eigenvalue weighted by Crippen LogP contribution is -2.11. The Morgan fingerprint density at radius 1 is 1.44 bits per heavy atom. The smallest absolute Gasteiger partial charge is 0.142 e. The molecule has 0 amide bonds. The first-order chi connectivity index (χ1) is 7.77. The van der Waals surface area contributed by atoms with Gasteiger partial charge in [0.1, 0.15) is 5.75 Å². The third kappa shape index (κ3) is 2.03. The summed E-state index contributed by atoms with van der Waals surface area (Å²) in [6.45, 7) is 0.357. The van der Waals surface area contributed by atoms with E-state index in [1.165, 1.54) is 24.0 Å². The summed E-state index contributed by atoms with van der Waals surface area (Å²) in [4.78, 5) is 0. The molecule has 0 heterocycles. The van der Waals surface area contributed by atoms with Crippen LogP contribution in [0, 0.1) is 0 Å². The van der Waals surface area contributed by atoms with Crippen LogP contribution in [0.25, 0.3) is 0 Å². The predicted octanol–water partition coefficient (Wildman–Crippen LogP) is 2.71. The molecule has 0 saturated heterocycles. The number of aryl methyl sites for hydroxylation is 1. The predicted molar refractivity (Wildman–Crippen MR) is 63.3 cm³/mol. The molecular weight excluding hydrogens is 226 g/mol. The summed E-state index contributed by atoms with van der Waals surface area (Å²) < 4.78 is 5.31. The van der Waals surface area contributed by atoms with Gasteiger partial charge in [0.05, 0.1) is 12.1 Å². The minimum atomic E-state index is 0.357. The fraction of sp³-hybridized carbons (Fsp3) is 0.500. The van der Waals surface area contributed by atoms with E-state index in [4.69, 9.17) is 21.5 Å². The van der Waals surface area contributed by atoms with E-state index in [2.05, 4.69) is 11.5 Å². The van der Waals surface area contributed by atoms with E-state index in [9.17, 15) is 0 Å². The third-order valence-electron chi connectivity index (χ3n) is 3.09. The van der Waals surface area contributed by atoms with Crippen LogP contribution in [0.15, 0.2) is 6.07 Å². The van der Waals surface area contributed by atoms with Crippen LogP contribution in [-0.4, -0.2) is 12.3 Å². The summed E-state index contributed by atoms with van der Waals surface area (Å²) in [5, 5.41) is 9.50. The van der Waals surface area contributed by atoms with Crippen molar-refractivity contribution in [3.63, 3.8) is 0 Å². The minimum Gasteiger partial charge on any atom is -0.495 e. The van der Waals surface area contributed by atoms with Crippen LogP contribution in [0.3, 0.4) is 0 Å². The second-order valence-corrected chi connectivity index (χ2v) is 4.44. The van der Waals surface area contributed by atoms with Crippen LogP contribution >= 0.6 is 11.6 Å².